The zero-order valence-corrected chi connectivity index (χ0v) is 18.2. The fourth-order valence-electron chi connectivity index (χ4n) is 3.65. The average Bonchev–Trinajstić information content (AvgIpc) is 2.69. The summed E-state index contributed by atoms with van der Waals surface area (Å²) in [6, 6.07) is -1.09. The second-order valence-electron chi connectivity index (χ2n) is 7.52. The van der Waals surface area contributed by atoms with Crippen LogP contribution in [-0.2, 0) is 9.53 Å². The van der Waals surface area contributed by atoms with E-state index in [4.69, 9.17) is 16.3 Å². The number of aliphatic hydroxyl groups is 3. The van der Waals surface area contributed by atoms with Crippen LogP contribution in [0.15, 0.2) is 11.6 Å². The zero-order valence-electron chi connectivity index (χ0n) is 16.7. The summed E-state index contributed by atoms with van der Waals surface area (Å²) in [5.74, 6) is -0.211. The maximum absolute atomic E-state index is 12.9. The second-order valence-corrected chi connectivity index (χ2v) is 9.14. The van der Waals surface area contributed by atoms with Gasteiger partial charge in [-0.2, -0.15) is 0 Å². The minimum atomic E-state index is -1.37. The summed E-state index contributed by atoms with van der Waals surface area (Å²) in [7, 11) is 0. The number of carbonyl (C=O) groups is 1. The van der Waals surface area contributed by atoms with E-state index in [0.717, 1.165) is 19.3 Å². The lowest BCUT2D eigenvalue weighted by Crippen LogP contribution is -2.65. The Morgan fingerprint density at radius 1 is 1.39 bits per heavy atom. The van der Waals surface area contributed by atoms with E-state index in [1.807, 2.05) is 0 Å². The number of ether oxygens (including phenoxy) is 1. The number of alkyl halides is 1. The maximum atomic E-state index is 12.9. The first-order valence-corrected chi connectivity index (χ1v) is 11.6. The quantitative estimate of drug-likeness (QED) is 0.282. The van der Waals surface area contributed by atoms with Gasteiger partial charge in [0, 0.05) is 6.54 Å². The molecule has 1 amide bonds. The van der Waals surface area contributed by atoms with Gasteiger partial charge in [0.25, 0.3) is 0 Å². The van der Waals surface area contributed by atoms with Gasteiger partial charge in [-0.25, -0.2) is 0 Å². The van der Waals surface area contributed by atoms with Crippen molar-refractivity contribution in [2.75, 3.05) is 12.8 Å². The fourth-order valence-corrected chi connectivity index (χ4v) is 4.53. The fraction of sp³-hybridized carbons (Fsp3) is 0.842. The van der Waals surface area contributed by atoms with Crippen molar-refractivity contribution in [3.63, 3.8) is 0 Å². The molecule has 2 heterocycles. The summed E-state index contributed by atoms with van der Waals surface area (Å²) in [5, 5.41) is 36.2. The molecule has 8 unspecified atom stereocenters. The van der Waals surface area contributed by atoms with Gasteiger partial charge in [0.1, 0.15) is 29.9 Å². The van der Waals surface area contributed by atoms with Crippen LogP contribution in [0.25, 0.3) is 0 Å². The van der Waals surface area contributed by atoms with E-state index in [1.54, 1.807) is 13.2 Å². The van der Waals surface area contributed by atoms with Crippen LogP contribution < -0.4 is 10.6 Å². The first-order chi connectivity index (χ1) is 13.3. The third-order valence-corrected chi connectivity index (χ3v) is 6.51. The van der Waals surface area contributed by atoms with E-state index in [-0.39, 0.29) is 11.9 Å². The number of hydrogen-bond acceptors (Lipinski definition) is 7. The van der Waals surface area contributed by atoms with Crippen molar-refractivity contribution in [3.05, 3.63) is 11.6 Å². The number of halogens is 1. The predicted molar refractivity (Wildman–Crippen MR) is 111 cm³/mol. The van der Waals surface area contributed by atoms with E-state index in [1.165, 1.54) is 17.3 Å². The highest BCUT2D eigenvalue weighted by molar-refractivity contribution is 7.99. The van der Waals surface area contributed by atoms with Gasteiger partial charge in [-0.1, -0.05) is 25.0 Å². The highest BCUT2D eigenvalue weighted by Crippen LogP contribution is 2.30. The molecule has 28 heavy (non-hydrogen) atoms. The second kappa shape index (κ2) is 11.2. The molecule has 1 fully saturated rings. The molecule has 162 valence electrons. The molecule has 0 bridgehead atoms. The van der Waals surface area contributed by atoms with Crippen molar-refractivity contribution in [3.8, 4) is 0 Å². The molecule has 0 aliphatic carbocycles. The molecule has 2 aliphatic rings. The van der Waals surface area contributed by atoms with Crippen molar-refractivity contribution < 1.29 is 24.9 Å². The van der Waals surface area contributed by atoms with Crippen LogP contribution in [0.5, 0.6) is 0 Å². The summed E-state index contributed by atoms with van der Waals surface area (Å²) < 4.78 is 5.79. The Bertz CT molecular complexity index is 548. The highest BCUT2D eigenvalue weighted by atomic mass is 35.5. The average molecular weight is 437 g/mol. The summed E-state index contributed by atoms with van der Waals surface area (Å²) in [6.45, 7) is 4.48. The molecular formula is C19H33ClN2O5S. The lowest BCUT2D eigenvalue weighted by molar-refractivity contribution is -0.205. The van der Waals surface area contributed by atoms with Crippen LogP contribution in [0.1, 0.15) is 39.5 Å². The normalized spacial score (nSPS) is 35.8. The first kappa shape index (κ1) is 23.9. The summed E-state index contributed by atoms with van der Waals surface area (Å²) >= 11 is 7.54. The minimum Gasteiger partial charge on any atom is -0.388 e. The number of aliphatic hydroxyl groups excluding tert-OH is 3. The molecule has 2 rings (SSSR count). The molecule has 2 aliphatic heterocycles. The Morgan fingerprint density at radius 3 is 2.71 bits per heavy atom. The molecule has 0 aromatic carbocycles. The van der Waals surface area contributed by atoms with Gasteiger partial charge in [-0.3, -0.25) is 4.79 Å². The topological polar surface area (TPSA) is 111 Å². The number of unbranched alkanes of at least 4 members (excludes halogenated alkanes) is 1. The van der Waals surface area contributed by atoms with Crippen LogP contribution in [0.4, 0.5) is 0 Å². The minimum absolute atomic E-state index is 0.211. The molecule has 5 N–H and O–H groups in total. The van der Waals surface area contributed by atoms with Gasteiger partial charge >= 0.3 is 0 Å². The Balaban J connectivity index is 2.06. The zero-order chi connectivity index (χ0) is 20.8. The predicted octanol–water partition coefficient (Wildman–Crippen LogP) is 0.748. The van der Waals surface area contributed by atoms with Gasteiger partial charge in [0.15, 0.2) is 0 Å². The summed E-state index contributed by atoms with van der Waals surface area (Å²) in [6.07, 6.45) is 2.83. The van der Waals surface area contributed by atoms with Crippen molar-refractivity contribution in [1.29, 1.82) is 0 Å². The Morgan fingerprint density at radius 2 is 2.11 bits per heavy atom. The standard InChI is InChI=1S/C19H33ClN2O5S/c1-4-5-6-11-7-8-21-12(9-11)18(26)22-13(10(2)20)17-15(24)14(23)16(25)19(27-17)28-3/h7,10,12-17,19,21,23-25H,4-6,8-9H2,1-3H3,(H,22,26). The van der Waals surface area contributed by atoms with Gasteiger partial charge in [-0.05, 0) is 32.4 Å². The van der Waals surface area contributed by atoms with E-state index in [2.05, 4.69) is 23.6 Å². The molecule has 9 heteroatoms. The third kappa shape index (κ3) is 5.84. The third-order valence-electron chi connectivity index (χ3n) is 5.39. The molecule has 1 saturated heterocycles. The molecular weight excluding hydrogens is 404 g/mol. The van der Waals surface area contributed by atoms with Crippen LogP contribution in [-0.4, -0.2) is 81.3 Å². The van der Waals surface area contributed by atoms with Crippen LogP contribution in [0, 0.1) is 0 Å². The number of amides is 1. The van der Waals surface area contributed by atoms with Crippen molar-refractivity contribution in [2.24, 2.45) is 0 Å². The summed E-state index contributed by atoms with van der Waals surface area (Å²) in [5.41, 5.74) is 0.556. The van der Waals surface area contributed by atoms with Gasteiger partial charge in [0.2, 0.25) is 5.91 Å². The Hall–Kier alpha value is -0.350. The highest BCUT2D eigenvalue weighted by Gasteiger charge is 2.48. The summed E-state index contributed by atoms with van der Waals surface area (Å²) in [4.78, 5) is 12.9. The van der Waals surface area contributed by atoms with Gasteiger partial charge in [0.05, 0.1) is 17.5 Å². The number of hydrogen-bond donors (Lipinski definition) is 5. The molecule has 0 radical (unpaired) electrons. The Labute approximate surface area is 176 Å². The number of carbonyl (C=O) groups excluding carboxylic acids is 1. The Kier molecular flexibility index (Phi) is 9.53. The SMILES string of the molecule is CCCCC1=CCNC(C(=O)NC(C(C)Cl)C2OC(SC)C(O)C(O)C2O)C1. The molecule has 8 atom stereocenters. The van der Waals surface area contributed by atoms with E-state index < -0.39 is 41.3 Å². The molecule has 0 spiro atoms. The first-order valence-electron chi connectivity index (χ1n) is 9.88. The van der Waals surface area contributed by atoms with Crippen molar-refractivity contribution in [1.82, 2.24) is 10.6 Å². The maximum Gasteiger partial charge on any atom is 0.237 e. The molecule has 0 aromatic rings. The van der Waals surface area contributed by atoms with Crippen molar-refractivity contribution >= 4 is 29.3 Å². The van der Waals surface area contributed by atoms with E-state index >= 15 is 0 Å². The van der Waals surface area contributed by atoms with E-state index in [0.29, 0.717) is 13.0 Å². The number of nitrogens with one attached hydrogen (secondary N) is 2. The smallest absolute Gasteiger partial charge is 0.237 e. The number of rotatable bonds is 8. The van der Waals surface area contributed by atoms with Gasteiger partial charge in [-0.15, -0.1) is 23.4 Å². The largest absolute Gasteiger partial charge is 0.388 e. The van der Waals surface area contributed by atoms with Gasteiger partial charge < -0.3 is 30.7 Å². The lowest BCUT2D eigenvalue weighted by Gasteiger charge is -2.44. The molecule has 7 nitrogen and oxygen atoms in total. The number of thioether (sulfide) groups is 1. The van der Waals surface area contributed by atoms with Crippen LogP contribution >= 0.6 is 23.4 Å². The monoisotopic (exact) mass is 436 g/mol. The van der Waals surface area contributed by atoms with E-state index in [9.17, 15) is 20.1 Å². The lowest BCUT2D eigenvalue weighted by atomic mass is 9.92. The van der Waals surface area contributed by atoms with Crippen LogP contribution in [0.2, 0.25) is 0 Å². The molecule has 0 aromatic heterocycles. The van der Waals surface area contributed by atoms with Crippen LogP contribution in [0.3, 0.4) is 0 Å². The van der Waals surface area contributed by atoms with Crippen molar-refractivity contribution in [2.45, 2.75) is 86.8 Å². The molecule has 0 saturated carbocycles.